The number of benzene rings is 2. The second-order valence-corrected chi connectivity index (χ2v) is 10.2. The molecule has 6 rings (SSSR count). The fraction of sp³-hybridized carbons (Fsp3) is 0.370. The number of allylic oxidation sites excluding steroid dienone is 1. The van der Waals surface area contributed by atoms with Crippen LogP contribution in [0, 0.1) is 12.8 Å². The van der Waals surface area contributed by atoms with Crippen LogP contribution in [0.25, 0.3) is 10.4 Å². The van der Waals surface area contributed by atoms with Crippen LogP contribution in [0.2, 0.25) is 0 Å². The molecule has 3 fully saturated rings. The van der Waals surface area contributed by atoms with Crippen molar-refractivity contribution in [1.29, 1.82) is 0 Å². The average Bonchev–Trinajstić information content (AvgIpc) is 3.19. The summed E-state index contributed by atoms with van der Waals surface area (Å²) in [6, 6.07) is 19.1. The molecule has 32 heavy (non-hydrogen) atoms. The Morgan fingerprint density at radius 2 is 2.00 bits per heavy atom. The molecule has 2 unspecified atom stereocenters. The Morgan fingerprint density at radius 1 is 1.19 bits per heavy atom. The van der Waals surface area contributed by atoms with E-state index in [1.54, 1.807) is 11.3 Å². The molecule has 2 aromatic carbocycles. The zero-order valence-corrected chi connectivity index (χ0v) is 19.3. The number of thiazole rings is 1. The third kappa shape index (κ3) is 4.25. The highest BCUT2D eigenvalue weighted by Gasteiger charge is 2.47. The number of aliphatic hydroxyl groups is 1. The molecule has 1 saturated carbocycles. The van der Waals surface area contributed by atoms with Gasteiger partial charge in [0.15, 0.2) is 6.23 Å². The zero-order valence-electron chi connectivity index (χ0n) is 18.5. The molecule has 1 aromatic heterocycles. The van der Waals surface area contributed by atoms with Crippen molar-refractivity contribution >= 4 is 11.3 Å². The van der Waals surface area contributed by atoms with Crippen molar-refractivity contribution in [2.24, 2.45) is 5.92 Å². The summed E-state index contributed by atoms with van der Waals surface area (Å²) in [7, 11) is 0. The van der Waals surface area contributed by atoms with Gasteiger partial charge in [0.1, 0.15) is 18.1 Å². The van der Waals surface area contributed by atoms with Crippen molar-refractivity contribution in [3.05, 3.63) is 83.5 Å². The van der Waals surface area contributed by atoms with Crippen molar-refractivity contribution in [1.82, 2.24) is 9.88 Å². The van der Waals surface area contributed by atoms with Gasteiger partial charge < -0.3 is 9.84 Å². The summed E-state index contributed by atoms with van der Waals surface area (Å²) in [6.45, 7) is 6.42. The molecule has 0 spiro atoms. The van der Waals surface area contributed by atoms with Gasteiger partial charge in [-0.05, 0) is 61.8 Å². The van der Waals surface area contributed by atoms with Gasteiger partial charge in [0.05, 0.1) is 9.88 Å². The Bertz CT molecular complexity index is 1070. The summed E-state index contributed by atoms with van der Waals surface area (Å²) >= 11 is 1.65. The topological polar surface area (TPSA) is 45.6 Å². The third-order valence-electron chi connectivity index (χ3n) is 6.70. The van der Waals surface area contributed by atoms with Gasteiger partial charge in [-0.25, -0.2) is 4.98 Å². The molecule has 2 saturated heterocycles. The van der Waals surface area contributed by atoms with Crippen LogP contribution in [-0.2, 0) is 6.42 Å². The van der Waals surface area contributed by atoms with E-state index < -0.39 is 6.23 Å². The van der Waals surface area contributed by atoms with Crippen LogP contribution >= 0.6 is 11.3 Å². The number of aromatic nitrogens is 1. The molecule has 0 amide bonds. The Balaban J connectivity index is 1.37. The van der Waals surface area contributed by atoms with Gasteiger partial charge in [-0.1, -0.05) is 48.5 Å². The van der Waals surface area contributed by atoms with Gasteiger partial charge in [0.2, 0.25) is 0 Å². The van der Waals surface area contributed by atoms with E-state index in [0.717, 1.165) is 58.5 Å². The highest BCUT2D eigenvalue weighted by atomic mass is 32.1. The van der Waals surface area contributed by atoms with E-state index in [9.17, 15) is 5.11 Å². The van der Waals surface area contributed by atoms with Gasteiger partial charge in [0, 0.05) is 12.1 Å². The van der Waals surface area contributed by atoms with E-state index in [0.29, 0.717) is 12.6 Å². The minimum Gasteiger partial charge on any atom is -0.492 e. The van der Waals surface area contributed by atoms with E-state index in [1.807, 2.05) is 43.3 Å². The first-order valence-electron chi connectivity index (χ1n) is 11.4. The number of nitrogens with zero attached hydrogens (tertiary/aromatic N) is 2. The Labute approximate surface area is 194 Å². The summed E-state index contributed by atoms with van der Waals surface area (Å²) in [4.78, 5) is 8.11. The number of piperidine rings is 2. The predicted octanol–water partition coefficient (Wildman–Crippen LogP) is 5.77. The molecule has 166 valence electrons. The zero-order chi connectivity index (χ0) is 22.1. The lowest BCUT2D eigenvalue weighted by molar-refractivity contribution is -0.140. The Kier molecular flexibility index (Phi) is 6.13. The molecule has 3 aliphatic rings. The minimum absolute atomic E-state index is 0.177. The van der Waals surface area contributed by atoms with Gasteiger partial charge in [0.25, 0.3) is 0 Å². The van der Waals surface area contributed by atoms with Gasteiger partial charge in [-0.15, -0.1) is 17.9 Å². The molecule has 2 aliphatic heterocycles. The van der Waals surface area contributed by atoms with Crippen LogP contribution in [0.3, 0.4) is 0 Å². The molecular formula is C27H30N2O2S. The van der Waals surface area contributed by atoms with Crippen molar-refractivity contribution in [2.75, 3.05) is 6.61 Å². The second kappa shape index (κ2) is 9.18. The predicted molar refractivity (Wildman–Crippen MR) is 130 cm³/mol. The summed E-state index contributed by atoms with van der Waals surface area (Å²) in [5.41, 5.74) is 3.09. The van der Waals surface area contributed by atoms with E-state index in [2.05, 4.69) is 35.7 Å². The fourth-order valence-corrected chi connectivity index (χ4v) is 6.12. The quantitative estimate of drug-likeness (QED) is 0.446. The standard InChI is InChI=1S/C27H30N2O2S/c1-3-8-19-9-7-12-24(16-19)31-17-23-15-20-13-22(14-20)29(23)27(30)25-26(32-18(2)28-25)21-10-5-4-6-11-21/h3-7,9-12,16,20,22-23,27,30H,1,8,13-15,17H2,2H3. The summed E-state index contributed by atoms with van der Waals surface area (Å²) in [5.74, 6) is 1.63. The number of rotatable bonds is 8. The normalized spacial score (nSPS) is 23.4. The average molecular weight is 447 g/mol. The summed E-state index contributed by atoms with van der Waals surface area (Å²) < 4.78 is 6.23. The first kappa shape index (κ1) is 21.4. The van der Waals surface area contributed by atoms with E-state index >= 15 is 0 Å². The SMILES string of the molecule is C=CCc1cccc(OCC2CC3CC(C3)N2C(O)c2nc(C)sc2-c2ccccc2)c1. The lowest BCUT2D eigenvalue weighted by Gasteiger charge is -2.54. The lowest BCUT2D eigenvalue weighted by atomic mass is 9.70. The number of hydrogen-bond acceptors (Lipinski definition) is 5. The molecular weight excluding hydrogens is 416 g/mol. The molecule has 3 heterocycles. The molecule has 1 aliphatic carbocycles. The first-order valence-corrected chi connectivity index (χ1v) is 12.2. The molecule has 0 radical (unpaired) electrons. The van der Waals surface area contributed by atoms with Gasteiger partial charge in [-0.3, -0.25) is 4.90 Å². The number of ether oxygens (including phenoxy) is 1. The highest BCUT2D eigenvalue weighted by molar-refractivity contribution is 7.15. The summed E-state index contributed by atoms with van der Waals surface area (Å²) in [5, 5.41) is 12.6. The first-order chi connectivity index (χ1) is 15.6. The van der Waals surface area contributed by atoms with Crippen molar-refractivity contribution in [3.8, 4) is 16.2 Å². The fourth-order valence-electron chi connectivity index (χ4n) is 5.17. The molecule has 2 atom stereocenters. The third-order valence-corrected chi connectivity index (χ3v) is 7.74. The maximum absolute atomic E-state index is 11.6. The van der Waals surface area contributed by atoms with Gasteiger partial charge >= 0.3 is 0 Å². The Hall–Kier alpha value is -2.47. The van der Waals surface area contributed by atoms with E-state index in [-0.39, 0.29) is 6.04 Å². The number of aliphatic hydroxyl groups excluding tert-OH is 1. The molecule has 4 nitrogen and oxygen atoms in total. The molecule has 2 bridgehead atoms. The van der Waals surface area contributed by atoms with E-state index in [1.165, 1.54) is 5.56 Å². The number of hydrogen-bond donors (Lipinski definition) is 1. The smallest absolute Gasteiger partial charge is 0.152 e. The Morgan fingerprint density at radius 3 is 2.78 bits per heavy atom. The van der Waals surface area contributed by atoms with Crippen LogP contribution in [0.1, 0.15) is 41.8 Å². The molecule has 3 aromatic rings. The number of aryl methyl sites for hydroxylation is 1. The molecule has 5 heteroatoms. The van der Waals surface area contributed by atoms with Crippen molar-refractivity contribution < 1.29 is 9.84 Å². The minimum atomic E-state index is -0.720. The van der Waals surface area contributed by atoms with Crippen molar-refractivity contribution in [2.45, 2.75) is 50.9 Å². The maximum atomic E-state index is 11.6. The van der Waals surface area contributed by atoms with Crippen LogP contribution in [-0.4, -0.2) is 33.7 Å². The largest absolute Gasteiger partial charge is 0.492 e. The maximum Gasteiger partial charge on any atom is 0.152 e. The highest BCUT2D eigenvalue weighted by Crippen LogP contribution is 2.47. The monoisotopic (exact) mass is 446 g/mol. The van der Waals surface area contributed by atoms with Crippen LogP contribution in [0.4, 0.5) is 0 Å². The number of fused-ring (bicyclic) bond motifs is 2. The molecule has 1 N–H and O–H groups in total. The van der Waals surface area contributed by atoms with Crippen molar-refractivity contribution in [3.63, 3.8) is 0 Å². The summed E-state index contributed by atoms with van der Waals surface area (Å²) in [6.07, 6.45) is 5.40. The van der Waals surface area contributed by atoms with Crippen LogP contribution in [0.5, 0.6) is 5.75 Å². The lowest BCUT2D eigenvalue weighted by Crippen LogP contribution is -2.59. The van der Waals surface area contributed by atoms with Crippen LogP contribution < -0.4 is 4.74 Å². The second-order valence-electron chi connectivity index (χ2n) is 8.97. The van der Waals surface area contributed by atoms with Gasteiger partial charge in [-0.2, -0.15) is 0 Å². The van der Waals surface area contributed by atoms with E-state index in [4.69, 9.17) is 9.72 Å². The van der Waals surface area contributed by atoms with Crippen LogP contribution in [0.15, 0.2) is 67.3 Å².